The fraction of sp³-hybridized carbons (Fsp3) is 0.125. The lowest BCUT2D eigenvalue weighted by molar-refractivity contribution is -0.127. The lowest BCUT2D eigenvalue weighted by atomic mass is 10.1. The van der Waals surface area contributed by atoms with E-state index in [1.54, 1.807) is 18.2 Å². The normalized spacial score (nSPS) is 10.9. The Morgan fingerprint density at radius 2 is 1.81 bits per heavy atom. The lowest BCUT2D eigenvalue weighted by Gasteiger charge is -2.21. The van der Waals surface area contributed by atoms with Gasteiger partial charge in [0.15, 0.2) is 0 Å². The molecule has 6 nitrogen and oxygen atoms in total. The van der Waals surface area contributed by atoms with Crippen molar-refractivity contribution in [2.45, 2.75) is 20.0 Å². The number of hydrogen-bond donors (Lipinski definition) is 1. The molecular formula is C24H19FN2O4. The van der Waals surface area contributed by atoms with Crippen LogP contribution in [0.2, 0.25) is 0 Å². The standard InChI is InChI=1S/C24H19FN2O4/c1-15-4-9-21-17(11-15)12-18(23(29)26-21)13-27(14-20-3-2-10-31-20)24(30)22(28)16-5-7-19(25)8-6-16/h2-12H,13-14H2,1H3,(H,26,29). The van der Waals surface area contributed by atoms with Gasteiger partial charge in [-0.25, -0.2) is 4.39 Å². The number of hydrogen-bond acceptors (Lipinski definition) is 4. The highest BCUT2D eigenvalue weighted by atomic mass is 19.1. The van der Waals surface area contributed by atoms with Crippen LogP contribution < -0.4 is 5.56 Å². The minimum Gasteiger partial charge on any atom is -0.467 e. The van der Waals surface area contributed by atoms with E-state index < -0.39 is 17.5 Å². The summed E-state index contributed by atoms with van der Waals surface area (Å²) in [5, 5.41) is 0.824. The van der Waals surface area contributed by atoms with Gasteiger partial charge in [-0.3, -0.25) is 14.4 Å². The third kappa shape index (κ3) is 4.45. The zero-order valence-corrected chi connectivity index (χ0v) is 16.7. The predicted molar refractivity (Wildman–Crippen MR) is 113 cm³/mol. The summed E-state index contributed by atoms with van der Waals surface area (Å²) in [5.74, 6) is -1.64. The third-order valence-corrected chi connectivity index (χ3v) is 4.95. The Balaban J connectivity index is 1.68. The van der Waals surface area contributed by atoms with Crippen molar-refractivity contribution < 1.29 is 18.4 Å². The van der Waals surface area contributed by atoms with E-state index in [0.29, 0.717) is 16.8 Å². The molecule has 0 bridgehead atoms. The molecule has 7 heteroatoms. The molecule has 2 aromatic carbocycles. The van der Waals surface area contributed by atoms with E-state index in [0.717, 1.165) is 23.1 Å². The van der Waals surface area contributed by atoms with Crippen LogP contribution in [0.1, 0.15) is 27.2 Å². The number of aryl methyl sites for hydroxylation is 1. The summed E-state index contributed by atoms with van der Waals surface area (Å²) in [4.78, 5) is 42.4. The Morgan fingerprint density at radius 1 is 1.03 bits per heavy atom. The number of furan rings is 1. The number of carbonyl (C=O) groups is 2. The van der Waals surface area contributed by atoms with Crippen LogP contribution in [0.25, 0.3) is 10.9 Å². The summed E-state index contributed by atoms with van der Waals surface area (Å²) >= 11 is 0. The number of halogens is 1. The van der Waals surface area contributed by atoms with Gasteiger partial charge in [0.1, 0.15) is 11.6 Å². The van der Waals surface area contributed by atoms with E-state index in [1.165, 1.54) is 23.3 Å². The van der Waals surface area contributed by atoms with Gasteiger partial charge in [0.05, 0.1) is 19.4 Å². The number of nitrogens with one attached hydrogen (secondary N) is 1. The molecule has 0 aliphatic rings. The zero-order chi connectivity index (χ0) is 22.0. The fourth-order valence-corrected chi connectivity index (χ4v) is 3.35. The molecule has 1 N–H and O–H groups in total. The Hall–Kier alpha value is -4.00. The zero-order valence-electron chi connectivity index (χ0n) is 16.7. The second-order valence-electron chi connectivity index (χ2n) is 7.29. The number of ketones is 1. The highest BCUT2D eigenvalue weighted by Crippen LogP contribution is 2.16. The first-order valence-electron chi connectivity index (χ1n) is 9.65. The Labute approximate surface area is 176 Å². The summed E-state index contributed by atoms with van der Waals surface area (Å²) in [6, 6.07) is 15.5. The molecule has 0 saturated heterocycles. The molecule has 2 heterocycles. The molecule has 0 fully saturated rings. The van der Waals surface area contributed by atoms with Crippen LogP contribution in [0.15, 0.2) is 76.1 Å². The second kappa shape index (κ2) is 8.39. The van der Waals surface area contributed by atoms with Crippen molar-refractivity contribution in [1.29, 1.82) is 0 Å². The molecule has 0 radical (unpaired) electrons. The molecule has 1 amide bonds. The smallest absolute Gasteiger partial charge is 0.295 e. The van der Waals surface area contributed by atoms with Crippen molar-refractivity contribution in [2.75, 3.05) is 0 Å². The van der Waals surface area contributed by atoms with E-state index >= 15 is 0 Å². The number of amides is 1. The Bertz CT molecular complexity index is 1310. The minimum atomic E-state index is -0.813. The quantitative estimate of drug-likeness (QED) is 0.379. The fourth-order valence-electron chi connectivity index (χ4n) is 3.35. The van der Waals surface area contributed by atoms with E-state index in [9.17, 15) is 18.8 Å². The molecule has 156 valence electrons. The van der Waals surface area contributed by atoms with Gasteiger partial charge in [0, 0.05) is 16.6 Å². The number of aromatic amines is 1. The minimum absolute atomic E-state index is 0.00403. The molecule has 0 unspecified atom stereocenters. The molecule has 0 saturated carbocycles. The highest BCUT2D eigenvalue weighted by molar-refractivity contribution is 6.42. The number of fused-ring (bicyclic) bond motifs is 1. The molecule has 31 heavy (non-hydrogen) atoms. The van der Waals surface area contributed by atoms with E-state index in [2.05, 4.69) is 4.98 Å². The van der Waals surface area contributed by atoms with Crippen LogP contribution in [0.3, 0.4) is 0 Å². The Kier molecular flexibility index (Phi) is 5.49. The Morgan fingerprint density at radius 3 is 2.52 bits per heavy atom. The van der Waals surface area contributed by atoms with Gasteiger partial charge in [-0.15, -0.1) is 0 Å². The second-order valence-corrected chi connectivity index (χ2v) is 7.29. The average Bonchev–Trinajstić information content (AvgIpc) is 3.27. The molecule has 0 spiro atoms. The third-order valence-electron chi connectivity index (χ3n) is 4.95. The molecule has 0 aliphatic carbocycles. The highest BCUT2D eigenvalue weighted by Gasteiger charge is 2.25. The first-order valence-corrected chi connectivity index (χ1v) is 9.65. The monoisotopic (exact) mass is 418 g/mol. The molecule has 0 atom stereocenters. The van der Waals surface area contributed by atoms with Crippen LogP contribution >= 0.6 is 0 Å². The number of rotatable bonds is 6. The van der Waals surface area contributed by atoms with Crippen molar-refractivity contribution in [1.82, 2.24) is 9.88 Å². The number of Topliss-reactive ketones (excluding diaryl/α,β-unsaturated/α-hetero) is 1. The van der Waals surface area contributed by atoms with Crippen molar-refractivity contribution in [2.24, 2.45) is 0 Å². The predicted octanol–water partition coefficient (Wildman–Crippen LogP) is 3.98. The summed E-state index contributed by atoms with van der Waals surface area (Å²) < 4.78 is 18.5. The van der Waals surface area contributed by atoms with Crippen LogP contribution in [-0.2, 0) is 17.9 Å². The first-order chi connectivity index (χ1) is 14.9. The number of carbonyl (C=O) groups excluding carboxylic acids is 2. The van der Waals surface area contributed by atoms with Crippen molar-refractivity contribution in [3.8, 4) is 0 Å². The van der Waals surface area contributed by atoms with Gasteiger partial charge >= 0.3 is 0 Å². The maximum atomic E-state index is 13.2. The molecular weight excluding hydrogens is 399 g/mol. The molecule has 4 aromatic rings. The van der Waals surface area contributed by atoms with Gasteiger partial charge in [0.25, 0.3) is 11.5 Å². The van der Waals surface area contributed by atoms with Crippen LogP contribution in [-0.4, -0.2) is 21.6 Å². The molecule has 4 rings (SSSR count). The van der Waals surface area contributed by atoms with Gasteiger partial charge < -0.3 is 14.3 Å². The largest absolute Gasteiger partial charge is 0.467 e. The van der Waals surface area contributed by atoms with Gasteiger partial charge in [-0.1, -0.05) is 11.6 Å². The average molecular weight is 418 g/mol. The lowest BCUT2D eigenvalue weighted by Crippen LogP contribution is -2.37. The van der Waals surface area contributed by atoms with E-state index in [-0.39, 0.29) is 24.2 Å². The summed E-state index contributed by atoms with van der Waals surface area (Å²) in [6.45, 7) is 1.86. The van der Waals surface area contributed by atoms with E-state index in [4.69, 9.17) is 4.42 Å². The van der Waals surface area contributed by atoms with Gasteiger partial charge in [-0.05, 0) is 66.9 Å². The van der Waals surface area contributed by atoms with Crippen LogP contribution in [0, 0.1) is 12.7 Å². The summed E-state index contributed by atoms with van der Waals surface area (Å²) in [6.07, 6.45) is 1.46. The van der Waals surface area contributed by atoms with Crippen LogP contribution in [0.4, 0.5) is 4.39 Å². The van der Waals surface area contributed by atoms with Crippen LogP contribution in [0.5, 0.6) is 0 Å². The number of H-pyrrole nitrogens is 1. The molecule has 0 aliphatic heterocycles. The number of pyridine rings is 1. The maximum Gasteiger partial charge on any atom is 0.295 e. The number of benzene rings is 2. The van der Waals surface area contributed by atoms with Crippen molar-refractivity contribution in [3.63, 3.8) is 0 Å². The maximum absolute atomic E-state index is 13.2. The number of aromatic nitrogens is 1. The summed E-state index contributed by atoms with van der Waals surface area (Å²) in [7, 11) is 0. The first kappa shape index (κ1) is 20.3. The number of nitrogens with zero attached hydrogens (tertiary/aromatic N) is 1. The SMILES string of the molecule is Cc1ccc2[nH]c(=O)c(CN(Cc3ccco3)C(=O)C(=O)c3ccc(F)cc3)cc2c1. The van der Waals surface area contributed by atoms with Gasteiger partial charge in [-0.2, -0.15) is 0 Å². The summed E-state index contributed by atoms with van der Waals surface area (Å²) in [5.41, 5.74) is 1.78. The molecule has 2 aromatic heterocycles. The van der Waals surface area contributed by atoms with E-state index in [1.807, 2.05) is 25.1 Å². The topological polar surface area (TPSA) is 83.4 Å². The van der Waals surface area contributed by atoms with Crippen molar-refractivity contribution in [3.05, 3.63) is 106 Å². The van der Waals surface area contributed by atoms with Crippen molar-refractivity contribution >= 4 is 22.6 Å². The van der Waals surface area contributed by atoms with Gasteiger partial charge in [0.2, 0.25) is 5.78 Å².